The number of carbonyl (C=O) groups excluding carboxylic acids is 2. The summed E-state index contributed by atoms with van der Waals surface area (Å²) in [4.78, 5) is 39.9. The van der Waals surface area contributed by atoms with Crippen molar-refractivity contribution in [2.24, 2.45) is 0 Å². The van der Waals surface area contributed by atoms with E-state index in [2.05, 4.69) is 0 Å². The minimum atomic E-state index is -0.900. The number of aryl methyl sites for hydroxylation is 1. The Balaban J connectivity index is 2.13. The number of rotatable bonds is 7. The van der Waals surface area contributed by atoms with Crippen LogP contribution in [-0.4, -0.2) is 58.7 Å². The van der Waals surface area contributed by atoms with Gasteiger partial charge in [-0.1, -0.05) is 42.0 Å². The molecule has 1 atom stereocenters. The van der Waals surface area contributed by atoms with E-state index >= 15 is 0 Å². The smallest absolute Gasteiger partial charge is 0.295 e. The Labute approximate surface area is 180 Å². The molecule has 31 heavy (non-hydrogen) atoms. The lowest BCUT2D eigenvalue weighted by Gasteiger charge is -2.25. The van der Waals surface area contributed by atoms with Crippen LogP contribution in [0.5, 0.6) is 0 Å². The molecule has 8 nitrogen and oxygen atoms in total. The Morgan fingerprint density at radius 3 is 2.45 bits per heavy atom. The third-order valence-electron chi connectivity index (χ3n) is 5.27. The molecule has 162 valence electrons. The maximum absolute atomic E-state index is 12.9. The van der Waals surface area contributed by atoms with E-state index in [1.807, 2.05) is 25.9 Å². The highest BCUT2D eigenvalue weighted by Gasteiger charge is 2.46. The largest absolute Gasteiger partial charge is 0.507 e. The second-order valence-corrected chi connectivity index (χ2v) is 7.87. The van der Waals surface area contributed by atoms with Gasteiger partial charge in [0.15, 0.2) is 0 Å². The van der Waals surface area contributed by atoms with Gasteiger partial charge in [-0.05, 0) is 39.5 Å². The number of amides is 1. The van der Waals surface area contributed by atoms with Crippen molar-refractivity contribution < 1.29 is 19.6 Å². The molecule has 0 spiro atoms. The summed E-state index contributed by atoms with van der Waals surface area (Å²) in [6.07, 6.45) is 0.607. The number of non-ortho nitro benzene ring substituents is 1. The first-order chi connectivity index (χ1) is 14.7. The van der Waals surface area contributed by atoms with Crippen molar-refractivity contribution in [3.63, 3.8) is 0 Å². The molecule has 0 radical (unpaired) electrons. The van der Waals surface area contributed by atoms with Crippen molar-refractivity contribution in [1.82, 2.24) is 9.80 Å². The Bertz CT molecular complexity index is 1040. The van der Waals surface area contributed by atoms with Gasteiger partial charge in [0.25, 0.3) is 17.4 Å². The van der Waals surface area contributed by atoms with Crippen LogP contribution in [-0.2, 0) is 9.59 Å². The maximum Gasteiger partial charge on any atom is 0.295 e. The third-order valence-corrected chi connectivity index (χ3v) is 5.27. The van der Waals surface area contributed by atoms with Gasteiger partial charge in [0.05, 0.1) is 16.5 Å². The minimum Gasteiger partial charge on any atom is -0.507 e. The number of aliphatic hydroxyl groups is 1. The van der Waals surface area contributed by atoms with E-state index in [9.17, 15) is 24.8 Å². The topological polar surface area (TPSA) is 104 Å². The van der Waals surface area contributed by atoms with E-state index in [0.29, 0.717) is 24.1 Å². The molecule has 0 saturated carbocycles. The molecule has 0 bridgehead atoms. The Kier molecular flexibility index (Phi) is 6.50. The number of benzene rings is 2. The number of hydrogen-bond acceptors (Lipinski definition) is 6. The van der Waals surface area contributed by atoms with Crippen LogP contribution >= 0.6 is 0 Å². The molecule has 1 N–H and O–H groups in total. The molecule has 2 aromatic carbocycles. The van der Waals surface area contributed by atoms with Gasteiger partial charge in [-0.25, -0.2) is 0 Å². The number of likely N-dealkylation sites (tertiary alicyclic amines) is 1. The van der Waals surface area contributed by atoms with Gasteiger partial charge in [0.1, 0.15) is 5.76 Å². The van der Waals surface area contributed by atoms with Crippen LogP contribution < -0.4 is 0 Å². The van der Waals surface area contributed by atoms with E-state index in [-0.39, 0.29) is 23.6 Å². The average Bonchev–Trinajstić information content (AvgIpc) is 2.98. The summed E-state index contributed by atoms with van der Waals surface area (Å²) in [6.45, 7) is 2.88. The number of ketones is 1. The number of carbonyl (C=O) groups is 2. The van der Waals surface area contributed by atoms with Crippen molar-refractivity contribution in [2.45, 2.75) is 19.4 Å². The quantitative estimate of drug-likeness (QED) is 0.241. The first-order valence-corrected chi connectivity index (χ1v) is 9.95. The molecule has 1 saturated heterocycles. The van der Waals surface area contributed by atoms with Crippen molar-refractivity contribution in [1.29, 1.82) is 0 Å². The zero-order valence-electron chi connectivity index (χ0n) is 17.7. The fraction of sp³-hybridized carbons (Fsp3) is 0.304. The first-order valence-electron chi connectivity index (χ1n) is 9.95. The third kappa shape index (κ3) is 4.64. The highest BCUT2D eigenvalue weighted by molar-refractivity contribution is 6.46. The normalized spacial score (nSPS) is 18.1. The minimum absolute atomic E-state index is 0.0563. The zero-order chi connectivity index (χ0) is 22.7. The second-order valence-electron chi connectivity index (χ2n) is 7.87. The van der Waals surface area contributed by atoms with Crippen molar-refractivity contribution >= 4 is 23.1 Å². The standard InChI is InChI=1S/C23H25N3O5/c1-15-8-10-16(11-9-15)21(27)19-20(17-6-4-7-18(14-17)26(30)31)25(23(29)22(19)28)13-5-12-24(2)3/h4,6-11,14,20,27H,5,12-13H2,1-3H3/b21-19-. The number of nitro groups is 1. The fourth-order valence-corrected chi connectivity index (χ4v) is 3.69. The highest BCUT2D eigenvalue weighted by Crippen LogP contribution is 2.40. The van der Waals surface area contributed by atoms with Crippen LogP contribution in [0, 0.1) is 17.0 Å². The molecule has 8 heteroatoms. The van der Waals surface area contributed by atoms with E-state index < -0.39 is 22.7 Å². The van der Waals surface area contributed by atoms with E-state index in [4.69, 9.17) is 0 Å². The monoisotopic (exact) mass is 423 g/mol. The molecule has 0 aromatic heterocycles. The number of hydrogen-bond donors (Lipinski definition) is 1. The van der Waals surface area contributed by atoms with Gasteiger partial charge < -0.3 is 14.9 Å². The van der Waals surface area contributed by atoms with E-state index in [0.717, 1.165) is 5.56 Å². The molecule has 1 unspecified atom stereocenters. The number of nitro benzene ring substituents is 1. The van der Waals surface area contributed by atoms with Crippen LogP contribution in [0.25, 0.3) is 5.76 Å². The maximum atomic E-state index is 12.9. The van der Waals surface area contributed by atoms with Gasteiger partial charge in [-0.15, -0.1) is 0 Å². The first kappa shape index (κ1) is 22.2. The summed E-state index contributed by atoms with van der Waals surface area (Å²) in [5.74, 6) is -1.80. The van der Waals surface area contributed by atoms with Gasteiger partial charge >= 0.3 is 0 Å². The van der Waals surface area contributed by atoms with Gasteiger partial charge in [-0.2, -0.15) is 0 Å². The second kappa shape index (κ2) is 9.09. The van der Waals surface area contributed by atoms with Crippen molar-refractivity contribution in [3.8, 4) is 0 Å². The number of aliphatic hydroxyl groups excluding tert-OH is 1. The molecular weight excluding hydrogens is 398 g/mol. The SMILES string of the molecule is Cc1ccc(/C(O)=C2/C(=O)C(=O)N(CCCN(C)C)C2c2cccc([N+](=O)[O-])c2)cc1. The molecule has 1 fully saturated rings. The number of Topliss-reactive ketones (excluding diaryl/α,β-unsaturated/α-hetero) is 1. The van der Waals surface area contributed by atoms with Crippen molar-refractivity contribution in [2.75, 3.05) is 27.2 Å². The predicted molar refractivity (Wildman–Crippen MR) is 116 cm³/mol. The van der Waals surface area contributed by atoms with E-state index in [1.165, 1.54) is 23.1 Å². The van der Waals surface area contributed by atoms with Crippen LogP contribution in [0.2, 0.25) is 0 Å². The Hall–Kier alpha value is -3.52. The Morgan fingerprint density at radius 2 is 1.84 bits per heavy atom. The summed E-state index contributed by atoms with van der Waals surface area (Å²) in [5.41, 5.74) is 1.60. The summed E-state index contributed by atoms with van der Waals surface area (Å²) < 4.78 is 0. The number of nitrogens with zero attached hydrogens (tertiary/aromatic N) is 3. The molecule has 1 aliphatic rings. The fourth-order valence-electron chi connectivity index (χ4n) is 3.69. The zero-order valence-corrected chi connectivity index (χ0v) is 17.7. The lowest BCUT2D eigenvalue weighted by molar-refractivity contribution is -0.384. The Morgan fingerprint density at radius 1 is 1.16 bits per heavy atom. The lowest BCUT2D eigenvalue weighted by atomic mass is 9.94. The van der Waals surface area contributed by atoms with Gasteiger partial charge in [0, 0.05) is 24.2 Å². The molecule has 1 aliphatic heterocycles. The molecule has 3 rings (SSSR count). The average molecular weight is 423 g/mol. The van der Waals surface area contributed by atoms with Crippen LogP contribution in [0.3, 0.4) is 0 Å². The summed E-state index contributed by atoms with van der Waals surface area (Å²) in [6, 6.07) is 11.9. The lowest BCUT2D eigenvalue weighted by Crippen LogP contribution is -2.32. The van der Waals surface area contributed by atoms with Gasteiger partial charge in [0.2, 0.25) is 0 Å². The molecular formula is C23H25N3O5. The molecule has 0 aliphatic carbocycles. The van der Waals surface area contributed by atoms with Crippen molar-refractivity contribution in [3.05, 3.63) is 80.9 Å². The predicted octanol–water partition coefficient (Wildman–Crippen LogP) is 3.28. The van der Waals surface area contributed by atoms with Crippen LogP contribution in [0.4, 0.5) is 5.69 Å². The van der Waals surface area contributed by atoms with E-state index in [1.54, 1.807) is 30.3 Å². The highest BCUT2D eigenvalue weighted by atomic mass is 16.6. The summed E-state index contributed by atoms with van der Waals surface area (Å²) in [7, 11) is 3.81. The summed E-state index contributed by atoms with van der Waals surface area (Å²) in [5, 5.41) is 22.3. The molecule has 2 aromatic rings. The molecule has 1 heterocycles. The molecule has 1 amide bonds. The van der Waals surface area contributed by atoms with Crippen LogP contribution in [0.15, 0.2) is 54.1 Å². The summed E-state index contributed by atoms with van der Waals surface area (Å²) >= 11 is 0. The van der Waals surface area contributed by atoms with Crippen LogP contribution in [0.1, 0.15) is 29.2 Å². The van der Waals surface area contributed by atoms with Gasteiger partial charge in [-0.3, -0.25) is 19.7 Å².